The highest BCUT2D eigenvalue weighted by atomic mass is 16.2. The molecule has 0 aliphatic heterocycles. The molecule has 126 valence electrons. The average Bonchev–Trinajstić information content (AvgIpc) is 2.55. The molecular weight excluding hydrogens is 300 g/mol. The van der Waals surface area contributed by atoms with Crippen LogP contribution in [0.5, 0.6) is 0 Å². The van der Waals surface area contributed by atoms with Crippen LogP contribution in [0, 0.1) is 5.41 Å². The molecule has 0 heterocycles. The number of carbonyl (C=O) groups excluding carboxylic acids is 2. The third-order valence-corrected chi connectivity index (χ3v) is 3.75. The Kier molecular flexibility index (Phi) is 5.39. The summed E-state index contributed by atoms with van der Waals surface area (Å²) in [4.78, 5) is 24.8. The van der Waals surface area contributed by atoms with Crippen LogP contribution >= 0.6 is 0 Å². The molecule has 0 radical (unpaired) electrons. The molecule has 2 amide bonds. The van der Waals surface area contributed by atoms with E-state index in [0.717, 1.165) is 5.56 Å². The first-order valence-electron chi connectivity index (χ1n) is 8.05. The summed E-state index contributed by atoms with van der Waals surface area (Å²) in [6, 6.07) is 16.7. The Labute approximate surface area is 143 Å². The number of para-hydroxylation sites is 1. The fraction of sp³-hybridized carbons (Fsp3) is 0.300. The quantitative estimate of drug-likeness (QED) is 0.887. The lowest BCUT2D eigenvalue weighted by atomic mass is 9.95. The van der Waals surface area contributed by atoms with Gasteiger partial charge < -0.3 is 10.6 Å². The van der Waals surface area contributed by atoms with Crippen molar-refractivity contribution < 1.29 is 9.59 Å². The Morgan fingerprint density at radius 1 is 0.917 bits per heavy atom. The Morgan fingerprint density at radius 2 is 1.50 bits per heavy atom. The van der Waals surface area contributed by atoms with Crippen molar-refractivity contribution in [2.75, 3.05) is 5.32 Å². The van der Waals surface area contributed by atoms with Gasteiger partial charge in [0.25, 0.3) is 5.91 Å². The molecule has 0 aromatic heterocycles. The highest BCUT2D eigenvalue weighted by Gasteiger charge is 2.23. The van der Waals surface area contributed by atoms with Crippen LogP contribution < -0.4 is 10.6 Å². The number of nitrogens with one attached hydrogen (secondary N) is 2. The zero-order chi connectivity index (χ0) is 17.7. The second kappa shape index (κ2) is 7.30. The minimum Gasteiger partial charge on any atom is -0.345 e. The third-order valence-electron chi connectivity index (χ3n) is 3.75. The first kappa shape index (κ1) is 17.7. The van der Waals surface area contributed by atoms with Gasteiger partial charge in [-0.05, 0) is 24.6 Å². The summed E-state index contributed by atoms with van der Waals surface area (Å²) >= 11 is 0. The van der Waals surface area contributed by atoms with E-state index in [2.05, 4.69) is 10.6 Å². The van der Waals surface area contributed by atoms with E-state index in [1.54, 1.807) is 24.3 Å². The van der Waals surface area contributed by atoms with E-state index in [-0.39, 0.29) is 17.9 Å². The van der Waals surface area contributed by atoms with E-state index < -0.39 is 5.41 Å². The molecule has 0 unspecified atom stereocenters. The van der Waals surface area contributed by atoms with Crippen molar-refractivity contribution in [3.63, 3.8) is 0 Å². The summed E-state index contributed by atoms with van der Waals surface area (Å²) in [5.74, 6) is -0.338. The largest absolute Gasteiger partial charge is 0.345 e. The molecule has 4 heteroatoms. The number of amides is 2. The third kappa shape index (κ3) is 4.44. The van der Waals surface area contributed by atoms with E-state index >= 15 is 0 Å². The molecule has 2 aromatic rings. The van der Waals surface area contributed by atoms with Gasteiger partial charge in [-0.25, -0.2) is 0 Å². The van der Waals surface area contributed by atoms with Gasteiger partial charge in [0.15, 0.2) is 0 Å². The molecule has 0 saturated heterocycles. The van der Waals surface area contributed by atoms with Crippen LogP contribution in [-0.4, -0.2) is 11.8 Å². The Bertz CT molecular complexity index is 718. The summed E-state index contributed by atoms with van der Waals surface area (Å²) < 4.78 is 0. The number of hydrogen-bond donors (Lipinski definition) is 2. The standard InChI is InChI=1S/C20H24N2O2/c1-14(15-10-6-5-7-11-15)21-18(23)16-12-8-9-13-17(16)22-19(24)20(2,3)4/h5-14H,1-4H3,(H,21,23)(H,22,24)/t14-/m1/s1. The Balaban J connectivity index is 2.17. The molecule has 0 bridgehead atoms. The number of rotatable bonds is 4. The first-order valence-corrected chi connectivity index (χ1v) is 8.05. The molecule has 2 aromatic carbocycles. The maximum atomic E-state index is 12.6. The zero-order valence-corrected chi connectivity index (χ0v) is 14.6. The molecule has 0 saturated carbocycles. The maximum absolute atomic E-state index is 12.6. The fourth-order valence-corrected chi connectivity index (χ4v) is 2.20. The van der Waals surface area contributed by atoms with Crippen molar-refractivity contribution in [2.45, 2.75) is 33.7 Å². The van der Waals surface area contributed by atoms with Gasteiger partial charge in [0, 0.05) is 5.41 Å². The van der Waals surface area contributed by atoms with Crippen LogP contribution in [0.1, 0.15) is 49.7 Å². The smallest absolute Gasteiger partial charge is 0.253 e. The molecule has 4 nitrogen and oxygen atoms in total. The highest BCUT2D eigenvalue weighted by molar-refractivity contribution is 6.04. The van der Waals surface area contributed by atoms with E-state index in [1.807, 2.05) is 58.0 Å². The monoisotopic (exact) mass is 324 g/mol. The van der Waals surface area contributed by atoms with Gasteiger partial charge in [-0.3, -0.25) is 9.59 Å². The zero-order valence-electron chi connectivity index (χ0n) is 14.6. The summed E-state index contributed by atoms with van der Waals surface area (Å²) in [5.41, 5.74) is 1.48. The molecule has 0 fully saturated rings. The van der Waals surface area contributed by atoms with E-state index in [1.165, 1.54) is 0 Å². The molecule has 2 rings (SSSR count). The minimum absolute atomic E-state index is 0.120. The number of hydrogen-bond acceptors (Lipinski definition) is 2. The van der Waals surface area contributed by atoms with Gasteiger partial charge in [-0.15, -0.1) is 0 Å². The van der Waals surface area contributed by atoms with Crippen molar-refractivity contribution >= 4 is 17.5 Å². The van der Waals surface area contributed by atoms with Crippen LogP contribution in [0.15, 0.2) is 54.6 Å². The summed E-state index contributed by atoms with van der Waals surface area (Å²) in [5, 5.41) is 5.82. The van der Waals surface area contributed by atoms with Crippen LogP contribution in [0.2, 0.25) is 0 Å². The van der Waals surface area contributed by atoms with Gasteiger partial charge in [0.1, 0.15) is 0 Å². The van der Waals surface area contributed by atoms with Gasteiger partial charge in [-0.2, -0.15) is 0 Å². The molecular formula is C20H24N2O2. The second-order valence-corrected chi connectivity index (χ2v) is 6.86. The highest BCUT2D eigenvalue weighted by Crippen LogP contribution is 2.21. The predicted molar refractivity (Wildman–Crippen MR) is 96.8 cm³/mol. The summed E-state index contributed by atoms with van der Waals surface area (Å²) in [6.07, 6.45) is 0. The average molecular weight is 324 g/mol. The molecule has 0 spiro atoms. The SMILES string of the molecule is C[C@@H](NC(=O)c1ccccc1NC(=O)C(C)(C)C)c1ccccc1. The maximum Gasteiger partial charge on any atom is 0.253 e. The van der Waals surface area contributed by atoms with E-state index in [0.29, 0.717) is 11.3 Å². The number of anilines is 1. The van der Waals surface area contributed by atoms with Crippen molar-refractivity contribution in [1.82, 2.24) is 5.32 Å². The second-order valence-electron chi connectivity index (χ2n) is 6.86. The molecule has 0 aliphatic rings. The van der Waals surface area contributed by atoms with Gasteiger partial charge in [0.05, 0.1) is 17.3 Å². The van der Waals surface area contributed by atoms with Crippen molar-refractivity contribution in [3.05, 3.63) is 65.7 Å². The van der Waals surface area contributed by atoms with Crippen LogP contribution in [0.4, 0.5) is 5.69 Å². The molecule has 2 N–H and O–H groups in total. The predicted octanol–water partition coefficient (Wildman–Crippen LogP) is 4.16. The summed E-state index contributed by atoms with van der Waals surface area (Å²) in [7, 11) is 0. The topological polar surface area (TPSA) is 58.2 Å². The first-order chi connectivity index (χ1) is 11.3. The Hall–Kier alpha value is -2.62. The lowest BCUT2D eigenvalue weighted by Gasteiger charge is -2.20. The number of carbonyl (C=O) groups is 2. The van der Waals surface area contributed by atoms with Gasteiger partial charge in [-0.1, -0.05) is 63.2 Å². The summed E-state index contributed by atoms with van der Waals surface area (Å²) in [6.45, 7) is 7.44. The van der Waals surface area contributed by atoms with Gasteiger partial charge >= 0.3 is 0 Å². The fourth-order valence-electron chi connectivity index (χ4n) is 2.20. The van der Waals surface area contributed by atoms with Crippen LogP contribution in [0.3, 0.4) is 0 Å². The lowest BCUT2D eigenvalue weighted by molar-refractivity contribution is -0.123. The molecule has 0 aliphatic carbocycles. The lowest BCUT2D eigenvalue weighted by Crippen LogP contribution is -2.31. The number of benzene rings is 2. The Morgan fingerprint density at radius 3 is 2.12 bits per heavy atom. The molecule has 1 atom stereocenters. The van der Waals surface area contributed by atoms with E-state index in [4.69, 9.17) is 0 Å². The van der Waals surface area contributed by atoms with Crippen LogP contribution in [-0.2, 0) is 4.79 Å². The van der Waals surface area contributed by atoms with Crippen molar-refractivity contribution in [2.24, 2.45) is 5.41 Å². The van der Waals surface area contributed by atoms with Gasteiger partial charge in [0.2, 0.25) is 5.91 Å². The minimum atomic E-state index is -0.527. The van der Waals surface area contributed by atoms with Crippen molar-refractivity contribution in [1.29, 1.82) is 0 Å². The normalized spacial score (nSPS) is 12.3. The molecule has 24 heavy (non-hydrogen) atoms. The van der Waals surface area contributed by atoms with E-state index in [9.17, 15) is 9.59 Å². The van der Waals surface area contributed by atoms with Crippen molar-refractivity contribution in [3.8, 4) is 0 Å². The van der Waals surface area contributed by atoms with Crippen LogP contribution in [0.25, 0.3) is 0 Å².